The highest BCUT2D eigenvalue weighted by Gasteiger charge is 2.10. The zero-order chi connectivity index (χ0) is 15.4. The Hall–Kier alpha value is -2.45. The van der Waals surface area contributed by atoms with E-state index in [4.69, 9.17) is 10.00 Å². The minimum Gasteiger partial charge on any atom is -0.489 e. The van der Waals surface area contributed by atoms with Crippen molar-refractivity contribution >= 4 is 0 Å². The third-order valence-corrected chi connectivity index (χ3v) is 2.99. The topological polar surface area (TPSA) is 53.2 Å². The van der Waals surface area contributed by atoms with E-state index in [1.165, 1.54) is 37.3 Å². The highest BCUT2D eigenvalue weighted by atomic mass is 19.1. The van der Waals surface area contributed by atoms with Crippen LogP contribution >= 0.6 is 0 Å². The van der Waals surface area contributed by atoms with Gasteiger partial charge in [-0.3, -0.25) is 0 Å². The van der Waals surface area contributed by atoms with Crippen molar-refractivity contribution in [2.24, 2.45) is 0 Å². The Labute approximate surface area is 121 Å². The molecule has 0 aliphatic rings. The molecule has 0 amide bonds. The summed E-state index contributed by atoms with van der Waals surface area (Å²) in [4.78, 5) is 0. The van der Waals surface area contributed by atoms with Crippen LogP contribution in [0.4, 0.5) is 8.78 Å². The van der Waals surface area contributed by atoms with Crippen molar-refractivity contribution in [1.82, 2.24) is 0 Å². The molecule has 0 spiro atoms. The molecular weight excluding hydrogens is 276 g/mol. The fraction of sp³-hybridized carbons (Fsp3) is 0.188. The summed E-state index contributed by atoms with van der Waals surface area (Å²) in [5.74, 6) is -0.859. The maximum Gasteiger partial charge on any atom is 0.132 e. The van der Waals surface area contributed by atoms with Crippen molar-refractivity contribution in [3.63, 3.8) is 0 Å². The van der Waals surface area contributed by atoms with Gasteiger partial charge in [0.15, 0.2) is 0 Å². The van der Waals surface area contributed by atoms with E-state index in [2.05, 4.69) is 0 Å². The van der Waals surface area contributed by atoms with Crippen molar-refractivity contribution in [3.8, 4) is 11.8 Å². The zero-order valence-electron chi connectivity index (χ0n) is 11.3. The molecule has 0 aliphatic carbocycles. The number of nitriles is 1. The second-order valence-electron chi connectivity index (χ2n) is 4.57. The van der Waals surface area contributed by atoms with Crippen molar-refractivity contribution in [3.05, 3.63) is 64.7 Å². The normalized spacial score (nSPS) is 11.8. The lowest BCUT2D eigenvalue weighted by Crippen LogP contribution is -2.01. The minimum absolute atomic E-state index is 0.116. The van der Waals surface area contributed by atoms with Gasteiger partial charge in [-0.1, -0.05) is 0 Å². The van der Waals surface area contributed by atoms with Crippen LogP contribution in [-0.2, 0) is 6.61 Å². The van der Waals surface area contributed by atoms with Gasteiger partial charge in [0.25, 0.3) is 0 Å². The van der Waals surface area contributed by atoms with Crippen LogP contribution in [0.3, 0.4) is 0 Å². The maximum absolute atomic E-state index is 13.7. The highest BCUT2D eigenvalue weighted by molar-refractivity contribution is 5.34. The predicted molar refractivity (Wildman–Crippen MR) is 72.5 cm³/mol. The molecule has 0 aromatic heterocycles. The average molecular weight is 289 g/mol. The Morgan fingerprint density at radius 1 is 1.19 bits per heavy atom. The van der Waals surface area contributed by atoms with E-state index in [0.717, 1.165) is 6.07 Å². The molecule has 3 nitrogen and oxygen atoms in total. The number of ether oxygens (including phenoxy) is 1. The number of aliphatic hydroxyl groups is 1. The molecule has 2 aromatic carbocycles. The Balaban J connectivity index is 2.14. The summed E-state index contributed by atoms with van der Waals surface area (Å²) in [6.45, 7) is 1.34. The van der Waals surface area contributed by atoms with Crippen LogP contribution in [-0.4, -0.2) is 5.11 Å². The van der Waals surface area contributed by atoms with Crippen LogP contribution in [0.15, 0.2) is 36.4 Å². The number of benzene rings is 2. The second-order valence-corrected chi connectivity index (χ2v) is 4.57. The van der Waals surface area contributed by atoms with Gasteiger partial charge in [0, 0.05) is 17.2 Å². The number of aliphatic hydroxyl groups excluding tert-OH is 1. The highest BCUT2D eigenvalue weighted by Crippen LogP contribution is 2.22. The van der Waals surface area contributed by atoms with Gasteiger partial charge in [-0.2, -0.15) is 5.26 Å². The van der Waals surface area contributed by atoms with E-state index in [1.807, 2.05) is 6.07 Å². The number of halogens is 2. The van der Waals surface area contributed by atoms with Gasteiger partial charge in [-0.05, 0) is 37.3 Å². The third kappa shape index (κ3) is 3.56. The first-order valence-corrected chi connectivity index (χ1v) is 6.30. The summed E-state index contributed by atoms with van der Waals surface area (Å²) in [6.07, 6.45) is -0.913. The van der Waals surface area contributed by atoms with Crippen molar-refractivity contribution < 1.29 is 18.6 Å². The lowest BCUT2D eigenvalue weighted by molar-refractivity contribution is 0.194. The molecule has 0 heterocycles. The SMILES string of the molecule is C[C@H](O)c1ccc(OCc2cc(C#N)ccc2F)cc1F. The molecule has 0 bridgehead atoms. The van der Waals surface area contributed by atoms with Gasteiger partial charge in [0.05, 0.1) is 17.7 Å². The van der Waals surface area contributed by atoms with Gasteiger partial charge in [-0.25, -0.2) is 8.78 Å². The van der Waals surface area contributed by atoms with E-state index in [1.54, 1.807) is 0 Å². The van der Waals surface area contributed by atoms with Crippen molar-refractivity contribution in [1.29, 1.82) is 5.26 Å². The molecule has 0 radical (unpaired) electrons. The summed E-state index contributed by atoms with van der Waals surface area (Å²) in [7, 11) is 0. The lowest BCUT2D eigenvalue weighted by Gasteiger charge is -2.10. The zero-order valence-corrected chi connectivity index (χ0v) is 11.3. The maximum atomic E-state index is 13.7. The minimum atomic E-state index is -0.913. The van der Waals surface area contributed by atoms with Gasteiger partial charge in [0.1, 0.15) is 24.0 Å². The van der Waals surface area contributed by atoms with Crippen LogP contribution < -0.4 is 4.74 Å². The van der Waals surface area contributed by atoms with Gasteiger partial charge >= 0.3 is 0 Å². The molecule has 21 heavy (non-hydrogen) atoms. The first-order chi connectivity index (χ1) is 10.0. The Kier molecular flexibility index (Phi) is 4.51. The lowest BCUT2D eigenvalue weighted by atomic mass is 10.1. The fourth-order valence-electron chi connectivity index (χ4n) is 1.85. The fourth-order valence-corrected chi connectivity index (χ4v) is 1.85. The van der Waals surface area contributed by atoms with Gasteiger partial charge in [-0.15, -0.1) is 0 Å². The van der Waals surface area contributed by atoms with Gasteiger partial charge < -0.3 is 9.84 Å². The van der Waals surface area contributed by atoms with E-state index < -0.39 is 17.7 Å². The average Bonchev–Trinajstić information content (AvgIpc) is 2.46. The van der Waals surface area contributed by atoms with Crippen LogP contribution in [0.1, 0.15) is 29.7 Å². The molecule has 2 aromatic rings. The summed E-state index contributed by atoms with van der Waals surface area (Å²) in [5, 5.41) is 18.1. The first kappa shape index (κ1) is 14.9. The molecule has 1 N–H and O–H groups in total. The third-order valence-electron chi connectivity index (χ3n) is 2.99. The largest absolute Gasteiger partial charge is 0.489 e. The van der Waals surface area contributed by atoms with E-state index >= 15 is 0 Å². The van der Waals surface area contributed by atoms with E-state index in [0.29, 0.717) is 5.56 Å². The number of rotatable bonds is 4. The van der Waals surface area contributed by atoms with Crippen LogP contribution in [0.2, 0.25) is 0 Å². The van der Waals surface area contributed by atoms with Crippen molar-refractivity contribution in [2.75, 3.05) is 0 Å². The molecule has 0 saturated heterocycles. The molecule has 1 atom stereocenters. The predicted octanol–water partition coefficient (Wildman–Crippen LogP) is 3.47. The van der Waals surface area contributed by atoms with Crippen LogP contribution in [0.5, 0.6) is 5.75 Å². The summed E-state index contributed by atoms with van der Waals surface area (Å²) in [5.41, 5.74) is 0.708. The summed E-state index contributed by atoms with van der Waals surface area (Å²) >= 11 is 0. The standard InChI is InChI=1S/C16H13F2NO2/c1-10(20)14-4-3-13(7-16(14)18)21-9-12-6-11(8-19)2-5-15(12)17/h2-7,10,20H,9H2,1H3/t10-/m0/s1. The Morgan fingerprint density at radius 2 is 1.95 bits per heavy atom. The molecule has 5 heteroatoms. The van der Waals surface area contributed by atoms with Gasteiger partial charge in [0.2, 0.25) is 0 Å². The van der Waals surface area contributed by atoms with E-state index in [9.17, 15) is 13.9 Å². The molecule has 108 valence electrons. The number of hydrogen-bond donors (Lipinski definition) is 1. The Morgan fingerprint density at radius 3 is 2.57 bits per heavy atom. The number of hydrogen-bond acceptors (Lipinski definition) is 3. The second kappa shape index (κ2) is 6.33. The molecule has 0 saturated carbocycles. The van der Waals surface area contributed by atoms with Crippen LogP contribution in [0.25, 0.3) is 0 Å². The first-order valence-electron chi connectivity index (χ1n) is 6.30. The molecule has 2 rings (SSSR count). The summed E-state index contributed by atoms with van der Waals surface area (Å²) in [6, 6.07) is 9.90. The smallest absolute Gasteiger partial charge is 0.132 e. The van der Waals surface area contributed by atoms with E-state index in [-0.39, 0.29) is 23.5 Å². The molecule has 0 fully saturated rings. The summed E-state index contributed by atoms with van der Waals surface area (Å²) < 4.78 is 32.5. The molecule has 0 aliphatic heterocycles. The Bertz CT molecular complexity index is 693. The quantitative estimate of drug-likeness (QED) is 0.937. The molecule has 0 unspecified atom stereocenters. The van der Waals surface area contributed by atoms with Crippen LogP contribution in [0, 0.1) is 23.0 Å². The monoisotopic (exact) mass is 289 g/mol. The number of nitrogens with zero attached hydrogens (tertiary/aromatic N) is 1. The van der Waals surface area contributed by atoms with Crippen molar-refractivity contribution in [2.45, 2.75) is 19.6 Å². The molecular formula is C16H13F2NO2.